The Labute approximate surface area is 117 Å². The molecule has 1 aromatic carbocycles. The van der Waals surface area contributed by atoms with Crippen molar-refractivity contribution in [2.24, 2.45) is 5.73 Å². The lowest BCUT2D eigenvalue weighted by Gasteiger charge is -2.16. The first-order valence-electron chi connectivity index (χ1n) is 6.07. The lowest BCUT2D eigenvalue weighted by atomic mass is 10.1. The van der Waals surface area contributed by atoms with Gasteiger partial charge in [-0.05, 0) is 29.3 Å². The number of hydrogen-bond acceptors (Lipinski definition) is 2. The number of aromatic nitrogens is 1. The zero-order valence-corrected chi connectivity index (χ0v) is 10.8. The molecule has 0 saturated heterocycles. The van der Waals surface area contributed by atoms with Crippen LogP contribution in [0.2, 0.25) is 0 Å². The number of alkyl halides is 3. The Morgan fingerprint density at radius 2 is 1.81 bits per heavy atom. The molecule has 7 heteroatoms. The van der Waals surface area contributed by atoms with Crippen molar-refractivity contribution in [1.82, 2.24) is 4.57 Å². The zero-order chi connectivity index (χ0) is 15.6. The number of hydrogen-bond donors (Lipinski definition) is 1. The molecule has 2 N–H and O–H groups in total. The summed E-state index contributed by atoms with van der Waals surface area (Å²) in [5.41, 5.74) is 4.36. The van der Waals surface area contributed by atoms with E-state index in [1.807, 2.05) is 0 Å². The minimum atomic E-state index is -4.65. The van der Waals surface area contributed by atoms with Crippen molar-refractivity contribution in [1.29, 1.82) is 0 Å². The van der Waals surface area contributed by atoms with Gasteiger partial charge in [-0.3, -0.25) is 9.36 Å². The summed E-state index contributed by atoms with van der Waals surface area (Å²) in [6.07, 6.45) is -4.65. The highest BCUT2D eigenvalue weighted by Gasteiger charge is 2.34. The lowest BCUT2D eigenvalue weighted by Crippen LogP contribution is -2.28. The normalized spacial score (nSPS) is 11.7. The minimum absolute atomic E-state index is 0.0317. The molecule has 0 aliphatic rings. The van der Waals surface area contributed by atoms with E-state index in [4.69, 9.17) is 5.73 Å². The standard InChI is InChI=1S/C14H12F4N2O/c15-11-5-4-9(10(6-11)7-19)8-20-12(14(16,17)18)2-1-3-13(20)21/h1-6H,7-8,19H2. The fraction of sp³-hybridized carbons (Fsp3) is 0.214. The highest BCUT2D eigenvalue weighted by molar-refractivity contribution is 5.29. The predicted molar refractivity (Wildman–Crippen MR) is 69.1 cm³/mol. The van der Waals surface area contributed by atoms with E-state index >= 15 is 0 Å². The molecule has 0 saturated carbocycles. The molecule has 3 nitrogen and oxygen atoms in total. The van der Waals surface area contributed by atoms with Crippen molar-refractivity contribution in [3.8, 4) is 0 Å². The van der Waals surface area contributed by atoms with E-state index in [-0.39, 0.29) is 13.1 Å². The van der Waals surface area contributed by atoms with E-state index in [2.05, 4.69) is 0 Å². The average Bonchev–Trinajstić information content (AvgIpc) is 2.41. The molecule has 0 fully saturated rings. The Hall–Kier alpha value is -2.15. The van der Waals surface area contributed by atoms with Crippen LogP contribution in [0.4, 0.5) is 17.6 Å². The molecule has 0 spiro atoms. The molecule has 1 heterocycles. The fourth-order valence-electron chi connectivity index (χ4n) is 2.04. The summed E-state index contributed by atoms with van der Waals surface area (Å²) in [4.78, 5) is 11.7. The Balaban J connectivity index is 2.52. The van der Waals surface area contributed by atoms with E-state index in [9.17, 15) is 22.4 Å². The summed E-state index contributed by atoms with van der Waals surface area (Å²) in [6.45, 7) is -0.350. The molecule has 112 valence electrons. The summed E-state index contributed by atoms with van der Waals surface area (Å²) in [6, 6.07) is 6.52. The SMILES string of the molecule is NCc1cc(F)ccc1Cn1c(C(F)(F)F)cccc1=O. The highest BCUT2D eigenvalue weighted by atomic mass is 19.4. The first-order valence-corrected chi connectivity index (χ1v) is 6.07. The van der Waals surface area contributed by atoms with Gasteiger partial charge in [-0.15, -0.1) is 0 Å². The highest BCUT2D eigenvalue weighted by Crippen LogP contribution is 2.28. The zero-order valence-electron chi connectivity index (χ0n) is 10.8. The van der Waals surface area contributed by atoms with E-state index in [0.29, 0.717) is 15.7 Å². The van der Waals surface area contributed by atoms with Crippen LogP contribution in [0, 0.1) is 5.82 Å². The second-order valence-corrected chi connectivity index (χ2v) is 4.45. The third kappa shape index (κ3) is 3.30. The number of benzene rings is 1. The summed E-state index contributed by atoms with van der Waals surface area (Å²) in [7, 11) is 0. The van der Waals surface area contributed by atoms with Gasteiger partial charge in [-0.2, -0.15) is 13.2 Å². The van der Waals surface area contributed by atoms with Crippen LogP contribution < -0.4 is 11.3 Å². The van der Waals surface area contributed by atoms with Crippen molar-refractivity contribution >= 4 is 0 Å². The van der Waals surface area contributed by atoms with Gasteiger partial charge in [0.25, 0.3) is 5.56 Å². The van der Waals surface area contributed by atoms with Crippen molar-refractivity contribution in [3.05, 3.63) is 69.4 Å². The molecule has 0 amide bonds. The van der Waals surface area contributed by atoms with Gasteiger partial charge >= 0.3 is 6.18 Å². The molecule has 1 aromatic heterocycles. The Bertz CT molecular complexity index is 707. The Morgan fingerprint density at radius 1 is 1.10 bits per heavy atom. The predicted octanol–water partition coefficient (Wildman–Crippen LogP) is 2.51. The van der Waals surface area contributed by atoms with E-state index in [1.54, 1.807) is 0 Å². The maximum Gasteiger partial charge on any atom is 0.431 e. The topological polar surface area (TPSA) is 48.0 Å². The Morgan fingerprint density at radius 3 is 2.43 bits per heavy atom. The van der Waals surface area contributed by atoms with Crippen molar-refractivity contribution in [2.45, 2.75) is 19.3 Å². The number of halogens is 4. The van der Waals surface area contributed by atoms with Crippen LogP contribution >= 0.6 is 0 Å². The van der Waals surface area contributed by atoms with Crippen LogP contribution in [0.5, 0.6) is 0 Å². The van der Waals surface area contributed by atoms with Crippen molar-refractivity contribution in [3.63, 3.8) is 0 Å². The van der Waals surface area contributed by atoms with Gasteiger partial charge in [0.05, 0.1) is 6.54 Å². The monoisotopic (exact) mass is 300 g/mol. The van der Waals surface area contributed by atoms with Crippen LogP contribution in [-0.4, -0.2) is 4.57 Å². The first kappa shape index (κ1) is 15.2. The summed E-state index contributed by atoms with van der Waals surface area (Å²) < 4.78 is 52.5. The number of rotatable bonds is 3. The van der Waals surface area contributed by atoms with Gasteiger partial charge in [0.2, 0.25) is 0 Å². The van der Waals surface area contributed by atoms with Crippen LogP contribution in [0.25, 0.3) is 0 Å². The smallest absolute Gasteiger partial charge is 0.326 e. The van der Waals surface area contributed by atoms with Gasteiger partial charge in [-0.25, -0.2) is 4.39 Å². The van der Waals surface area contributed by atoms with Crippen LogP contribution in [0.3, 0.4) is 0 Å². The third-order valence-electron chi connectivity index (χ3n) is 3.06. The lowest BCUT2D eigenvalue weighted by molar-refractivity contribution is -0.144. The second kappa shape index (κ2) is 5.69. The largest absolute Gasteiger partial charge is 0.431 e. The second-order valence-electron chi connectivity index (χ2n) is 4.45. The molecule has 0 bridgehead atoms. The van der Waals surface area contributed by atoms with Gasteiger partial charge in [0.1, 0.15) is 11.5 Å². The molecule has 2 aromatic rings. The number of pyridine rings is 1. The summed E-state index contributed by atoms with van der Waals surface area (Å²) in [5.74, 6) is -0.532. The van der Waals surface area contributed by atoms with Gasteiger partial charge in [0.15, 0.2) is 0 Å². The molecule has 0 unspecified atom stereocenters. The molecule has 0 aliphatic carbocycles. The average molecular weight is 300 g/mol. The number of nitrogens with zero attached hydrogens (tertiary/aromatic N) is 1. The van der Waals surface area contributed by atoms with Crippen LogP contribution in [0.1, 0.15) is 16.8 Å². The maximum absolute atomic E-state index is 13.1. The molecule has 2 rings (SSSR count). The molecule has 21 heavy (non-hydrogen) atoms. The Kier molecular flexibility index (Phi) is 4.13. The van der Waals surface area contributed by atoms with Crippen molar-refractivity contribution in [2.75, 3.05) is 0 Å². The maximum atomic E-state index is 13.1. The fourth-order valence-corrected chi connectivity index (χ4v) is 2.04. The summed E-state index contributed by atoms with van der Waals surface area (Å²) in [5, 5.41) is 0. The molecular weight excluding hydrogens is 288 g/mol. The van der Waals surface area contributed by atoms with Crippen molar-refractivity contribution < 1.29 is 17.6 Å². The minimum Gasteiger partial charge on any atom is -0.326 e. The van der Waals surface area contributed by atoms with E-state index < -0.39 is 23.2 Å². The van der Waals surface area contributed by atoms with Gasteiger partial charge < -0.3 is 5.73 Å². The summed E-state index contributed by atoms with van der Waals surface area (Å²) >= 11 is 0. The molecule has 0 radical (unpaired) electrons. The quantitative estimate of drug-likeness (QED) is 0.885. The van der Waals surface area contributed by atoms with Gasteiger partial charge in [0, 0.05) is 12.6 Å². The first-order chi connectivity index (χ1) is 9.82. The third-order valence-corrected chi connectivity index (χ3v) is 3.06. The van der Waals surface area contributed by atoms with E-state index in [0.717, 1.165) is 30.3 Å². The van der Waals surface area contributed by atoms with Crippen LogP contribution in [0.15, 0.2) is 41.2 Å². The molecular formula is C14H12F4N2O. The van der Waals surface area contributed by atoms with Crippen LogP contribution in [-0.2, 0) is 19.3 Å². The van der Waals surface area contributed by atoms with E-state index in [1.165, 1.54) is 6.07 Å². The molecule has 0 atom stereocenters. The van der Waals surface area contributed by atoms with Gasteiger partial charge in [-0.1, -0.05) is 12.1 Å². The number of nitrogens with two attached hydrogens (primary N) is 1. The molecule has 0 aliphatic heterocycles.